The van der Waals surface area contributed by atoms with Gasteiger partial charge in [-0.1, -0.05) is 58.4 Å². The highest BCUT2D eigenvalue weighted by Gasteiger charge is 2.00. The van der Waals surface area contributed by atoms with Crippen LogP contribution in [0.2, 0.25) is 0 Å². The van der Waals surface area contributed by atoms with E-state index >= 15 is 0 Å². The fraction of sp³-hybridized carbons (Fsp3) is 0.800. The van der Waals surface area contributed by atoms with Gasteiger partial charge in [0.15, 0.2) is 5.78 Å². The van der Waals surface area contributed by atoms with Crippen LogP contribution in [0.4, 0.5) is 0 Å². The Bertz CT molecular complexity index is 203. The molecule has 0 bridgehead atoms. The number of unbranched alkanes of at least 4 members (excludes halogenated alkanes) is 6. The Kier molecular flexibility index (Phi) is 10.5. The zero-order chi connectivity index (χ0) is 12.2. The summed E-state index contributed by atoms with van der Waals surface area (Å²) in [4.78, 5) is 11.3. The molecule has 0 aromatic carbocycles. The van der Waals surface area contributed by atoms with Crippen molar-refractivity contribution in [1.29, 1.82) is 0 Å². The molecule has 0 amide bonds. The molecule has 0 aliphatic rings. The normalized spacial score (nSPS) is 11.8. The molecule has 0 radical (unpaired) electrons. The molecular weight excluding hydrogens is 196 g/mol. The van der Waals surface area contributed by atoms with Crippen LogP contribution in [-0.4, -0.2) is 5.78 Å². The SMILES string of the molecule is CCCCCCCCC=C(CCC)C(C)=O. The van der Waals surface area contributed by atoms with Crippen molar-refractivity contribution in [2.45, 2.75) is 78.6 Å². The molecule has 0 atom stereocenters. The largest absolute Gasteiger partial charge is 0.295 e. The molecule has 0 spiro atoms. The Hall–Kier alpha value is -0.590. The number of carbonyl (C=O) groups is 1. The maximum Gasteiger partial charge on any atom is 0.155 e. The highest BCUT2D eigenvalue weighted by Crippen LogP contribution is 2.11. The first-order valence-corrected chi connectivity index (χ1v) is 6.92. The van der Waals surface area contributed by atoms with Gasteiger partial charge in [-0.3, -0.25) is 4.79 Å². The number of rotatable bonds is 10. The number of allylic oxidation sites excluding steroid dienone is 2. The number of hydrogen-bond donors (Lipinski definition) is 0. The van der Waals surface area contributed by atoms with Gasteiger partial charge in [-0.25, -0.2) is 0 Å². The van der Waals surface area contributed by atoms with Crippen LogP contribution in [0.25, 0.3) is 0 Å². The first-order chi connectivity index (χ1) is 7.72. The van der Waals surface area contributed by atoms with Crippen LogP contribution in [0.3, 0.4) is 0 Å². The molecule has 0 unspecified atom stereocenters. The lowest BCUT2D eigenvalue weighted by atomic mass is 10.0. The lowest BCUT2D eigenvalue weighted by Crippen LogP contribution is -1.96. The average Bonchev–Trinajstić information content (AvgIpc) is 2.26. The van der Waals surface area contributed by atoms with Crippen molar-refractivity contribution in [1.82, 2.24) is 0 Å². The van der Waals surface area contributed by atoms with Gasteiger partial charge >= 0.3 is 0 Å². The fourth-order valence-electron chi connectivity index (χ4n) is 1.89. The topological polar surface area (TPSA) is 17.1 Å². The summed E-state index contributed by atoms with van der Waals surface area (Å²) in [6, 6.07) is 0. The van der Waals surface area contributed by atoms with Gasteiger partial charge in [-0.2, -0.15) is 0 Å². The second kappa shape index (κ2) is 10.9. The maximum atomic E-state index is 11.3. The monoisotopic (exact) mass is 224 g/mol. The van der Waals surface area contributed by atoms with Crippen LogP contribution in [0.1, 0.15) is 78.6 Å². The van der Waals surface area contributed by atoms with E-state index < -0.39 is 0 Å². The minimum Gasteiger partial charge on any atom is -0.295 e. The van der Waals surface area contributed by atoms with Crippen molar-refractivity contribution in [3.8, 4) is 0 Å². The third-order valence-corrected chi connectivity index (χ3v) is 2.92. The molecule has 0 saturated heterocycles. The third kappa shape index (κ3) is 8.70. The highest BCUT2D eigenvalue weighted by molar-refractivity contribution is 5.93. The van der Waals surface area contributed by atoms with E-state index in [-0.39, 0.29) is 5.78 Å². The minimum atomic E-state index is 0.257. The average molecular weight is 224 g/mol. The van der Waals surface area contributed by atoms with Crippen LogP contribution in [0.5, 0.6) is 0 Å². The second-order valence-corrected chi connectivity index (χ2v) is 4.59. The van der Waals surface area contributed by atoms with E-state index in [9.17, 15) is 4.79 Å². The Balaban J connectivity index is 3.58. The van der Waals surface area contributed by atoms with E-state index in [2.05, 4.69) is 19.9 Å². The van der Waals surface area contributed by atoms with Crippen LogP contribution in [0.15, 0.2) is 11.6 Å². The number of carbonyl (C=O) groups excluding carboxylic acids is 1. The van der Waals surface area contributed by atoms with E-state index in [1.54, 1.807) is 6.92 Å². The highest BCUT2D eigenvalue weighted by atomic mass is 16.1. The van der Waals surface area contributed by atoms with Crippen LogP contribution < -0.4 is 0 Å². The zero-order valence-electron chi connectivity index (χ0n) is 11.3. The van der Waals surface area contributed by atoms with Gasteiger partial charge in [0.25, 0.3) is 0 Å². The number of Topliss-reactive ketones (excluding diaryl/α,β-unsaturated/α-hetero) is 1. The molecule has 0 aromatic heterocycles. The summed E-state index contributed by atoms with van der Waals surface area (Å²) in [5, 5.41) is 0. The summed E-state index contributed by atoms with van der Waals surface area (Å²) < 4.78 is 0. The van der Waals surface area contributed by atoms with Gasteiger partial charge in [-0.05, 0) is 31.8 Å². The molecule has 0 rings (SSSR count). The predicted octanol–water partition coefficient (Wildman–Crippen LogP) is 5.05. The van der Waals surface area contributed by atoms with Gasteiger partial charge in [0.05, 0.1) is 0 Å². The maximum absolute atomic E-state index is 11.3. The van der Waals surface area contributed by atoms with E-state index in [1.165, 1.54) is 38.5 Å². The number of hydrogen-bond acceptors (Lipinski definition) is 1. The Morgan fingerprint density at radius 3 is 2.12 bits per heavy atom. The molecular formula is C15H28O. The van der Waals surface area contributed by atoms with Gasteiger partial charge in [0.1, 0.15) is 0 Å². The Morgan fingerprint density at radius 2 is 1.56 bits per heavy atom. The predicted molar refractivity (Wildman–Crippen MR) is 71.7 cm³/mol. The lowest BCUT2D eigenvalue weighted by Gasteiger charge is -2.02. The standard InChI is InChI=1S/C15H28O/c1-4-6-7-8-9-10-11-13-15(12-5-2)14(3)16/h13H,4-12H2,1-3H3. The fourth-order valence-corrected chi connectivity index (χ4v) is 1.89. The molecule has 0 aliphatic heterocycles. The quantitative estimate of drug-likeness (QED) is 0.375. The Morgan fingerprint density at radius 1 is 0.938 bits per heavy atom. The third-order valence-electron chi connectivity index (χ3n) is 2.92. The second-order valence-electron chi connectivity index (χ2n) is 4.59. The van der Waals surface area contributed by atoms with Crippen molar-refractivity contribution in [3.05, 3.63) is 11.6 Å². The van der Waals surface area contributed by atoms with Crippen molar-refractivity contribution in [2.24, 2.45) is 0 Å². The van der Waals surface area contributed by atoms with Gasteiger partial charge in [0, 0.05) is 0 Å². The first kappa shape index (κ1) is 15.4. The summed E-state index contributed by atoms with van der Waals surface area (Å²) in [6.07, 6.45) is 13.2. The summed E-state index contributed by atoms with van der Waals surface area (Å²) in [5.41, 5.74) is 1.04. The van der Waals surface area contributed by atoms with Gasteiger partial charge in [0.2, 0.25) is 0 Å². The van der Waals surface area contributed by atoms with Crippen molar-refractivity contribution < 1.29 is 4.79 Å². The van der Waals surface area contributed by atoms with Crippen molar-refractivity contribution in [2.75, 3.05) is 0 Å². The minimum absolute atomic E-state index is 0.257. The van der Waals surface area contributed by atoms with E-state index in [0.717, 1.165) is 24.8 Å². The van der Waals surface area contributed by atoms with E-state index in [1.807, 2.05) is 0 Å². The molecule has 0 aromatic rings. The van der Waals surface area contributed by atoms with E-state index in [0.29, 0.717) is 0 Å². The molecule has 0 fully saturated rings. The molecule has 0 saturated carbocycles. The molecule has 16 heavy (non-hydrogen) atoms. The van der Waals surface area contributed by atoms with Crippen LogP contribution in [0, 0.1) is 0 Å². The summed E-state index contributed by atoms with van der Waals surface area (Å²) in [6.45, 7) is 6.05. The summed E-state index contributed by atoms with van der Waals surface area (Å²) in [5.74, 6) is 0.257. The molecule has 0 N–H and O–H groups in total. The summed E-state index contributed by atoms with van der Waals surface area (Å²) >= 11 is 0. The first-order valence-electron chi connectivity index (χ1n) is 6.92. The number of ketones is 1. The van der Waals surface area contributed by atoms with Crippen molar-refractivity contribution >= 4 is 5.78 Å². The smallest absolute Gasteiger partial charge is 0.155 e. The summed E-state index contributed by atoms with van der Waals surface area (Å²) in [7, 11) is 0. The van der Waals surface area contributed by atoms with Gasteiger partial charge < -0.3 is 0 Å². The molecule has 0 heterocycles. The lowest BCUT2D eigenvalue weighted by molar-refractivity contribution is -0.113. The van der Waals surface area contributed by atoms with Gasteiger partial charge in [-0.15, -0.1) is 0 Å². The van der Waals surface area contributed by atoms with Crippen LogP contribution in [-0.2, 0) is 4.79 Å². The molecule has 94 valence electrons. The molecule has 0 aliphatic carbocycles. The van der Waals surface area contributed by atoms with Crippen LogP contribution >= 0.6 is 0 Å². The molecule has 1 nitrogen and oxygen atoms in total. The van der Waals surface area contributed by atoms with Crippen molar-refractivity contribution in [3.63, 3.8) is 0 Å². The van der Waals surface area contributed by atoms with E-state index in [4.69, 9.17) is 0 Å². The molecule has 1 heteroatoms. The Labute approximate surface area is 101 Å². The zero-order valence-corrected chi connectivity index (χ0v) is 11.3.